The highest BCUT2D eigenvalue weighted by atomic mass is 35.5. The van der Waals surface area contributed by atoms with Gasteiger partial charge in [-0.25, -0.2) is 4.99 Å². The smallest absolute Gasteiger partial charge is 0.192 e. The van der Waals surface area contributed by atoms with Gasteiger partial charge in [-0.1, -0.05) is 35.9 Å². The SMILES string of the molecule is Cc1nnc(CN=C(NCCc2cccs2)NC(C)c2ccccc2Cl)n1C. The van der Waals surface area contributed by atoms with E-state index >= 15 is 0 Å². The third kappa shape index (κ3) is 5.33. The lowest BCUT2D eigenvalue weighted by Crippen LogP contribution is -2.39. The van der Waals surface area contributed by atoms with Crippen molar-refractivity contribution in [2.24, 2.45) is 12.0 Å². The minimum absolute atomic E-state index is 0.0166. The molecule has 0 aliphatic heterocycles. The number of hydrogen-bond acceptors (Lipinski definition) is 4. The van der Waals surface area contributed by atoms with Crippen molar-refractivity contribution in [3.63, 3.8) is 0 Å². The van der Waals surface area contributed by atoms with E-state index in [1.807, 2.05) is 42.8 Å². The summed E-state index contributed by atoms with van der Waals surface area (Å²) in [5.41, 5.74) is 1.03. The Hall–Kier alpha value is -2.38. The van der Waals surface area contributed by atoms with Gasteiger partial charge in [0.1, 0.15) is 12.4 Å². The van der Waals surface area contributed by atoms with Crippen molar-refractivity contribution in [1.29, 1.82) is 0 Å². The quantitative estimate of drug-likeness (QED) is 0.453. The zero-order valence-corrected chi connectivity index (χ0v) is 17.9. The first-order valence-corrected chi connectivity index (χ1v) is 10.5. The van der Waals surface area contributed by atoms with Gasteiger partial charge in [-0.3, -0.25) is 0 Å². The molecule has 0 spiro atoms. The Kier molecular flexibility index (Phi) is 7.06. The third-order valence-electron chi connectivity index (χ3n) is 4.53. The molecular weight excluding hydrogens is 392 g/mol. The van der Waals surface area contributed by atoms with Crippen LogP contribution in [0.25, 0.3) is 0 Å². The summed E-state index contributed by atoms with van der Waals surface area (Å²) >= 11 is 8.11. The second-order valence-corrected chi connectivity index (χ2v) is 7.97. The lowest BCUT2D eigenvalue weighted by Gasteiger charge is -2.19. The van der Waals surface area contributed by atoms with Gasteiger partial charge in [0.25, 0.3) is 0 Å². The summed E-state index contributed by atoms with van der Waals surface area (Å²) in [5.74, 6) is 2.42. The Bertz CT molecular complexity index is 919. The van der Waals surface area contributed by atoms with Crippen molar-refractivity contribution in [1.82, 2.24) is 25.4 Å². The highest BCUT2D eigenvalue weighted by molar-refractivity contribution is 7.09. The highest BCUT2D eigenvalue weighted by Crippen LogP contribution is 2.22. The van der Waals surface area contributed by atoms with Crippen LogP contribution in [0.3, 0.4) is 0 Å². The maximum atomic E-state index is 6.35. The second kappa shape index (κ2) is 9.71. The second-order valence-electron chi connectivity index (χ2n) is 6.53. The number of halogens is 1. The number of thiophene rings is 1. The van der Waals surface area contributed by atoms with Crippen molar-refractivity contribution >= 4 is 28.9 Å². The average molecular weight is 417 g/mol. The maximum absolute atomic E-state index is 6.35. The molecule has 0 aliphatic rings. The molecule has 0 amide bonds. The van der Waals surface area contributed by atoms with Crippen molar-refractivity contribution in [2.45, 2.75) is 32.9 Å². The molecule has 0 aliphatic carbocycles. The van der Waals surface area contributed by atoms with Crippen molar-refractivity contribution in [3.8, 4) is 0 Å². The fraction of sp³-hybridized carbons (Fsp3) is 0.350. The zero-order chi connectivity index (χ0) is 19.9. The maximum Gasteiger partial charge on any atom is 0.192 e. The van der Waals surface area contributed by atoms with Crippen LogP contribution in [0.15, 0.2) is 46.8 Å². The van der Waals surface area contributed by atoms with Crippen LogP contribution in [0.5, 0.6) is 0 Å². The summed E-state index contributed by atoms with van der Waals surface area (Å²) in [4.78, 5) is 6.06. The van der Waals surface area contributed by atoms with Crippen LogP contribution in [0.4, 0.5) is 0 Å². The predicted molar refractivity (Wildman–Crippen MR) is 116 cm³/mol. The molecule has 0 saturated heterocycles. The molecule has 0 radical (unpaired) electrons. The average Bonchev–Trinajstić information content (AvgIpc) is 3.31. The summed E-state index contributed by atoms with van der Waals surface area (Å²) < 4.78 is 1.95. The van der Waals surface area contributed by atoms with Crippen LogP contribution in [0, 0.1) is 6.92 Å². The van der Waals surface area contributed by atoms with Gasteiger partial charge >= 0.3 is 0 Å². The van der Waals surface area contributed by atoms with E-state index in [-0.39, 0.29) is 6.04 Å². The fourth-order valence-electron chi connectivity index (χ4n) is 2.76. The van der Waals surface area contributed by atoms with Gasteiger partial charge in [-0.05, 0) is 43.3 Å². The first-order chi connectivity index (χ1) is 13.5. The van der Waals surface area contributed by atoms with Gasteiger partial charge in [-0.2, -0.15) is 0 Å². The van der Waals surface area contributed by atoms with Gasteiger partial charge in [0, 0.05) is 23.5 Å². The lowest BCUT2D eigenvalue weighted by atomic mass is 10.1. The molecule has 2 N–H and O–H groups in total. The van der Waals surface area contributed by atoms with Crippen LogP contribution in [-0.2, 0) is 20.0 Å². The zero-order valence-electron chi connectivity index (χ0n) is 16.3. The first kappa shape index (κ1) is 20.4. The number of aliphatic imine (C=N–C) groups is 1. The molecule has 8 heteroatoms. The summed E-state index contributed by atoms with van der Waals surface area (Å²) in [6, 6.07) is 12.1. The van der Waals surface area contributed by atoms with Gasteiger partial charge < -0.3 is 15.2 Å². The van der Waals surface area contributed by atoms with Gasteiger partial charge in [0.15, 0.2) is 11.8 Å². The Morgan fingerprint density at radius 1 is 1.25 bits per heavy atom. The van der Waals surface area contributed by atoms with E-state index in [2.05, 4.69) is 45.3 Å². The molecule has 28 heavy (non-hydrogen) atoms. The van der Waals surface area contributed by atoms with Gasteiger partial charge in [0.2, 0.25) is 0 Å². The molecule has 1 unspecified atom stereocenters. The van der Waals surface area contributed by atoms with Crippen molar-refractivity contribution < 1.29 is 0 Å². The van der Waals surface area contributed by atoms with Crippen LogP contribution in [0.2, 0.25) is 5.02 Å². The summed E-state index contributed by atoms with van der Waals surface area (Å²) in [7, 11) is 1.95. The standard InChI is InChI=1S/C20H25ClN6S/c1-14(17-8-4-5-9-18(17)21)24-20(22-11-10-16-7-6-12-28-16)23-13-19-26-25-15(2)27(19)3/h4-9,12,14H,10-11,13H2,1-3H3,(H2,22,23,24). The minimum Gasteiger partial charge on any atom is -0.356 e. The van der Waals surface area contributed by atoms with E-state index in [0.717, 1.165) is 41.2 Å². The van der Waals surface area contributed by atoms with Gasteiger partial charge in [-0.15, -0.1) is 21.5 Å². The lowest BCUT2D eigenvalue weighted by molar-refractivity contribution is 0.676. The molecule has 6 nitrogen and oxygen atoms in total. The predicted octanol–water partition coefficient (Wildman–Crippen LogP) is 3.88. The molecule has 0 bridgehead atoms. The van der Waals surface area contributed by atoms with E-state index in [1.54, 1.807) is 11.3 Å². The molecule has 148 valence electrons. The molecular formula is C20H25ClN6S. The minimum atomic E-state index is 0.0166. The normalized spacial score (nSPS) is 12.8. The third-order valence-corrected chi connectivity index (χ3v) is 5.81. The number of nitrogens with zero attached hydrogens (tertiary/aromatic N) is 4. The fourth-order valence-corrected chi connectivity index (χ4v) is 3.77. The molecule has 1 atom stereocenters. The van der Waals surface area contributed by atoms with E-state index in [9.17, 15) is 0 Å². The monoisotopic (exact) mass is 416 g/mol. The van der Waals surface area contributed by atoms with Crippen molar-refractivity contribution in [2.75, 3.05) is 6.54 Å². The highest BCUT2D eigenvalue weighted by Gasteiger charge is 2.12. The number of guanidine groups is 1. The van der Waals surface area contributed by atoms with E-state index in [1.165, 1.54) is 4.88 Å². The van der Waals surface area contributed by atoms with Crippen LogP contribution < -0.4 is 10.6 Å². The molecule has 0 saturated carbocycles. The Balaban J connectivity index is 1.70. The number of hydrogen-bond donors (Lipinski definition) is 2. The molecule has 3 rings (SSSR count). The number of rotatable bonds is 7. The van der Waals surface area contributed by atoms with Crippen LogP contribution >= 0.6 is 22.9 Å². The van der Waals surface area contributed by atoms with E-state index in [4.69, 9.17) is 16.6 Å². The van der Waals surface area contributed by atoms with E-state index in [0.29, 0.717) is 6.54 Å². The number of aryl methyl sites for hydroxylation is 1. The molecule has 1 aromatic carbocycles. The Labute approximate surface area is 174 Å². The summed E-state index contributed by atoms with van der Waals surface area (Å²) in [5, 5.41) is 18.0. The van der Waals surface area contributed by atoms with Crippen molar-refractivity contribution in [3.05, 3.63) is 68.9 Å². The number of benzene rings is 1. The molecule has 2 heterocycles. The Morgan fingerprint density at radius 2 is 2.07 bits per heavy atom. The largest absolute Gasteiger partial charge is 0.356 e. The topological polar surface area (TPSA) is 67.1 Å². The van der Waals surface area contributed by atoms with E-state index < -0.39 is 0 Å². The summed E-state index contributed by atoms with van der Waals surface area (Å²) in [6.45, 7) is 5.24. The van der Waals surface area contributed by atoms with Crippen LogP contribution in [-0.4, -0.2) is 27.3 Å². The number of aromatic nitrogens is 3. The van der Waals surface area contributed by atoms with Gasteiger partial charge in [0.05, 0.1) is 6.04 Å². The molecule has 2 aromatic heterocycles. The summed E-state index contributed by atoms with van der Waals surface area (Å²) in [6.07, 6.45) is 0.946. The molecule has 0 fully saturated rings. The first-order valence-electron chi connectivity index (χ1n) is 9.21. The number of nitrogens with one attached hydrogen (secondary N) is 2. The molecule has 3 aromatic rings. The van der Waals surface area contributed by atoms with Crippen LogP contribution in [0.1, 0.15) is 35.1 Å². The Morgan fingerprint density at radius 3 is 2.75 bits per heavy atom.